The lowest BCUT2D eigenvalue weighted by Crippen LogP contribution is -2.18. The fourth-order valence-electron chi connectivity index (χ4n) is 11.8. The molecule has 3 aromatic heterocycles. The number of allylic oxidation sites excluding steroid dienone is 11. The topological polar surface area (TPSA) is 57.4 Å². The molecule has 4 nitrogen and oxygen atoms in total. The predicted octanol–water partition coefficient (Wildman–Crippen LogP) is 11.0. The van der Waals surface area contributed by atoms with Crippen molar-refractivity contribution in [2.45, 2.75) is 82.0 Å². The van der Waals surface area contributed by atoms with Gasteiger partial charge in [-0.1, -0.05) is 49.5 Å². The molecule has 0 saturated carbocycles. The summed E-state index contributed by atoms with van der Waals surface area (Å²) in [5.41, 5.74) is 21.4. The van der Waals surface area contributed by atoms with Crippen molar-refractivity contribution < 1.29 is 0 Å². The molecule has 14 bridgehead atoms. The third-order valence-corrected chi connectivity index (χ3v) is 13.9. The van der Waals surface area contributed by atoms with Gasteiger partial charge in [0.1, 0.15) is 0 Å². The van der Waals surface area contributed by atoms with Gasteiger partial charge < -0.3 is 9.97 Å². The van der Waals surface area contributed by atoms with Crippen molar-refractivity contribution in [2.24, 2.45) is 23.7 Å². The van der Waals surface area contributed by atoms with Crippen LogP contribution >= 0.6 is 0 Å². The quantitative estimate of drug-likeness (QED) is 0.261. The van der Waals surface area contributed by atoms with Crippen LogP contribution in [0.2, 0.25) is 0 Å². The van der Waals surface area contributed by atoms with Crippen LogP contribution in [-0.2, 0) is 0 Å². The highest BCUT2D eigenvalue weighted by atomic mass is 14.8. The van der Waals surface area contributed by atoms with E-state index in [0.717, 1.165) is 17.8 Å². The molecule has 5 heterocycles. The van der Waals surface area contributed by atoms with Crippen molar-refractivity contribution in [3.63, 3.8) is 0 Å². The first-order valence-electron chi connectivity index (χ1n) is 19.1. The Morgan fingerprint density at radius 2 is 0.857 bits per heavy atom. The van der Waals surface area contributed by atoms with Crippen LogP contribution in [0.1, 0.15) is 127 Å². The first-order valence-corrected chi connectivity index (χ1v) is 19.1. The molecule has 3 aromatic rings. The molecule has 0 amide bonds. The largest absolute Gasteiger partial charge is 0.355 e. The number of hydrogen-bond acceptors (Lipinski definition) is 2. The van der Waals surface area contributed by atoms with E-state index in [9.17, 15) is 0 Å². The Balaban J connectivity index is 1.24. The van der Waals surface area contributed by atoms with Crippen LogP contribution in [-0.4, -0.2) is 19.9 Å². The Hall–Kier alpha value is -4.44. The lowest BCUT2D eigenvalue weighted by Gasteiger charge is -2.33. The minimum Gasteiger partial charge on any atom is -0.355 e. The summed E-state index contributed by atoms with van der Waals surface area (Å²) < 4.78 is 0. The van der Waals surface area contributed by atoms with E-state index in [4.69, 9.17) is 9.97 Å². The van der Waals surface area contributed by atoms with Gasteiger partial charge in [0.15, 0.2) is 0 Å². The Bertz CT molecular complexity index is 2380. The van der Waals surface area contributed by atoms with Crippen LogP contribution in [0, 0.1) is 23.7 Å². The highest BCUT2D eigenvalue weighted by molar-refractivity contribution is 6.00. The molecule has 2 aliphatic heterocycles. The summed E-state index contributed by atoms with van der Waals surface area (Å²) in [5, 5.41) is 0. The normalized spacial score (nSPS) is 32.4. The Morgan fingerprint density at radius 3 is 1.24 bits per heavy atom. The molecule has 242 valence electrons. The van der Waals surface area contributed by atoms with Crippen LogP contribution in [0.4, 0.5) is 0 Å². The molecule has 0 radical (unpaired) electrons. The second kappa shape index (κ2) is 9.62. The average molecular weight is 639 g/mol. The van der Waals surface area contributed by atoms with E-state index in [0.29, 0.717) is 47.3 Å². The van der Waals surface area contributed by atoms with Gasteiger partial charge in [0, 0.05) is 63.5 Å². The first kappa shape index (κ1) is 27.4. The summed E-state index contributed by atoms with van der Waals surface area (Å²) in [7, 11) is 0. The molecule has 0 spiro atoms. The maximum absolute atomic E-state index is 5.59. The second-order valence-corrected chi connectivity index (χ2v) is 16.4. The molecule has 12 aliphatic rings. The average Bonchev–Trinajstić information content (AvgIpc) is 3.91. The van der Waals surface area contributed by atoms with Crippen molar-refractivity contribution in [1.29, 1.82) is 0 Å². The monoisotopic (exact) mass is 638 g/mol. The lowest BCUT2D eigenvalue weighted by molar-refractivity contribution is 0.558. The number of H-pyrrole nitrogens is 2. The summed E-state index contributed by atoms with van der Waals surface area (Å²) in [6.07, 6.45) is 26.7. The lowest BCUT2D eigenvalue weighted by atomic mass is 9.70. The van der Waals surface area contributed by atoms with E-state index in [2.05, 4.69) is 90.3 Å². The molecule has 49 heavy (non-hydrogen) atoms. The van der Waals surface area contributed by atoms with E-state index < -0.39 is 0 Å². The standard InChI is InChI=1S/C45H42N4/c1-3-23-5-4-22(2)38-30-18-32-40-24-6-8-26(9-7-24)42(40)34(47-32)20-36-44-28-14-16-29(17-15-28)45(44)37(49-36)21-35-43-27-12-10-25(11-13-27)41(43)33(48-35)19-31(46-30)39(23)38/h3,6,8,10,12,14,16,18-29,46,49H,1,4-5,7,9,11,13,15,17H2,2H3. The Kier molecular flexibility index (Phi) is 5.38. The number of rotatable bonds is 1. The highest BCUT2D eigenvalue weighted by Gasteiger charge is 2.40. The van der Waals surface area contributed by atoms with Crippen molar-refractivity contribution in [3.05, 3.63) is 118 Å². The van der Waals surface area contributed by atoms with Crippen LogP contribution in [0.5, 0.6) is 0 Å². The summed E-state index contributed by atoms with van der Waals surface area (Å²) in [6.45, 7) is 6.76. The zero-order valence-electron chi connectivity index (χ0n) is 28.2. The molecule has 15 rings (SSSR count). The maximum atomic E-state index is 5.59. The zero-order chi connectivity index (χ0) is 32.1. The molecule has 8 atom stereocenters. The van der Waals surface area contributed by atoms with Crippen molar-refractivity contribution in [1.82, 2.24) is 19.9 Å². The van der Waals surface area contributed by atoms with Crippen LogP contribution < -0.4 is 0 Å². The summed E-state index contributed by atoms with van der Waals surface area (Å²) in [4.78, 5) is 19.2. The SMILES string of the molecule is C=CC1CCC(C)c2c1c1cc3nc(cc4[nH]c(cc5nc(cc2[nH]1)C1=C5C2C=CC1CC2)c1c4C2C=CC1CC2)C1=C3C2C=CC1CC2. The number of fused-ring (bicyclic) bond motifs is 14. The minimum absolute atomic E-state index is 0.336. The van der Waals surface area contributed by atoms with Gasteiger partial charge in [-0.3, -0.25) is 0 Å². The van der Waals surface area contributed by atoms with Crippen LogP contribution in [0.15, 0.2) is 73.4 Å². The minimum atomic E-state index is 0.336. The van der Waals surface area contributed by atoms with Gasteiger partial charge in [-0.05, 0) is 126 Å². The molecule has 10 aliphatic carbocycles. The van der Waals surface area contributed by atoms with Gasteiger partial charge in [0.05, 0.1) is 22.8 Å². The van der Waals surface area contributed by atoms with E-state index in [1.165, 1.54) is 123 Å². The molecule has 0 aromatic carbocycles. The predicted molar refractivity (Wildman–Crippen MR) is 200 cm³/mol. The fourth-order valence-corrected chi connectivity index (χ4v) is 11.8. The van der Waals surface area contributed by atoms with Gasteiger partial charge in [-0.25, -0.2) is 9.97 Å². The molecule has 0 fully saturated rings. The number of nitrogens with zero attached hydrogens (tertiary/aromatic N) is 2. The van der Waals surface area contributed by atoms with Crippen molar-refractivity contribution >= 4 is 44.4 Å². The smallest absolute Gasteiger partial charge is 0.0699 e. The van der Waals surface area contributed by atoms with Crippen molar-refractivity contribution in [3.8, 4) is 0 Å². The van der Waals surface area contributed by atoms with Crippen LogP contribution in [0.3, 0.4) is 0 Å². The summed E-state index contributed by atoms with van der Waals surface area (Å²) in [5.74, 6) is 3.52. The molecular formula is C45H42N4. The van der Waals surface area contributed by atoms with Crippen molar-refractivity contribution in [2.75, 3.05) is 0 Å². The fraction of sp³-hybridized carbons (Fsp3) is 0.378. The highest BCUT2D eigenvalue weighted by Crippen LogP contribution is 2.55. The third-order valence-electron chi connectivity index (χ3n) is 13.9. The second-order valence-electron chi connectivity index (χ2n) is 16.4. The summed E-state index contributed by atoms with van der Waals surface area (Å²) in [6, 6.07) is 9.71. The molecule has 8 unspecified atom stereocenters. The molecule has 0 saturated heterocycles. The van der Waals surface area contributed by atoms with Gasteiger partial charge in [-0.15, -0.1) is 6.58 Å². The molecule has 4 heteroatoms. The number of aromatic nitrogens is 4. The first-order chi connectivity index (χ1) is 24.1. The van der Waals surface area contributed by atoms with E-state index >= 15 is 0 Å². The Morgan fingerprint density at radius 1 is 0.490 bits per heavy atom. The van der Waals surface area contributed by atoms with E-state index in [1.807, 2.05) is 0 Å². The van der Waals surface area contributed by atoms with Crippen LogP contribution in [0.25, 0.3) is 44.4 Å². The van der Waals surface area contributed by atoms with Gasteiger partial charge in [-0.2, -0.15) is 0 Å². The number of hydrogen-bond donors (Lipinski definition) is 2. The maximum Gasteiger partial charge on any atom is 0.0699 e. The van der Waals surface area contributed by atoms with Gasteiger partial charge in [0.25, 0.3) is 0 Å². The Labute approximate surface area is 287 Å². The zero-order valence-corrected chi connectivity index (χ0v) is 28.2. The van der Waals surface area contributed by atoms with E-state index in [-0.39, 0.29) is 0 Å². The van der Waals surface area contributed by atoms with Gasteiger partial charge in [0.2, 0.25) is 0 Å². The number of aromatic amines is 2. The van der Waals surface area contributed by atoms with Gasteiger partial charge >= 0.3 is 0 Å². The molecular weight excluding hydrogens is 597 g/mol. The number of nitrogens with one attached hydrogen (secondary N) is 2. The van der Waals surface area contributed by atoms with E-state index in [1.54, 1.807) is 0 Å². The summed E-state index contributed by atoms with van der Waals surface area (Å²) >= 11 is 0. The molecule has 2 N–H and O–H groups in total. The third kappa shape index (κ3) is 3.60.